The second-order valence-corrected chi connectivity index (χ2v) is 11.3. The molecule has 3 nitrogen and oxygen atoms in total. The first kappa shape index (κ1) is 25.8. The predicted octanol–water partition coefficient (Wildman–Crippen LogP) is 8.55. The van der Waals surface area contributed by atoms with Crippen molar-refractivity contribution in [2.45, 2.75) is 38.6 Å². The average molecular weight is 523 g/mol. The van der Waals surface area contributed by atoms with Gasteiger partial charge in [-0.3, -0.25) is 4.79 Å². The Morgan fingerprint density at radius 1 is 0.750 bits per heavy atom. The van der Waals surface area contributed by atoms with Crippen LogP contribution in [0.5, 0.6) is 0 Å². The molecular weight excluding hydrogens is 488 g/mol. The maximum Gasteiger partial charge on any atom is 0.164 e. The second-order valence-electron chi connectivity index (χ2n) is 11.3. The summed E-state index contributed by atoms with van der Waals surface area (Å²) >= 11 is 0. The number of hydrogen-bond acceptors (Lipinski definition) is 2. The summed E-state index contributed by atoms with van der Waals surface area (Å²) < 4.78 is 2.24. The minimum Gasteiger partial charge on any atom is -0.318 e. The van der Waals surface area contributed by atoms with Gasteiger partial charge < -0.3 is 4.57 Å². The highest BCUT2D eigenvalue weighted by Gasteiger charge is 2.38. The normalized spacial score (nSPS) is 16.2. The van der Waals surface area contributed by atoms with Crippen molar-refractivity contribution in [3.8, 4) is 11.3 Å². The van der Waals surface area contributed by atoms with Gasteiger partial charge in [0, 0.05) is 17.2 Å². The van der Waals surface area contributed by atoms with E-state index >= 15 is 0 Å². The lowest BCUT2D eigenvalue weighted by Gasteiger charge is -2.37. The Hall–Kier alpha value is -4.50. The van der Waals surface area contributed by atoms with E-state index in [0.717, 1.165) is 58.3 Å². The predicted molar refractivity (Wildman–Crippen MR) is 163 cm³/mol. The molecule has 1 saturated carbocycles. The summed E-state index contributed by atoms with van der Waals surface area (Å²) in [4.78, 5) is 18.2. The van der Waals surface area contributed by atoms with E-state index in [-0.39, 0.29) is 11.2 Å². The molecule has 0 spiro atoms. The number of aromatic nitrogens is 2. The number of imidazole rings is 1. The Balaban J connectivity index is 1.53. The minimum absolute atomic E-state index is 0.260. The lowest BCUT2D eigenvalue weighted by Crippen LogP contribution is -2.36. The van der Waals surface area contributed by atoms with Crippen molar-refractivity contribution < 1.29 is 4.79 Å². The number of ketones is 1. The molecule has 0 radical (unpaired) electrons. The highest BCUT2D eigenvalue weighted by molar-refractivity contribution is 6.04. The zero-order chi connectivity index (χ0) is 27.6. The van der Waals surface area contributed by atoms with Crippen molar-refractivity contribution in [1.82, 2.24) is 9.55 Å². The van der Waals surface area contributed by atoms with Gasteiger partial charge in [0.25, 0.3) is 0 Å². The largest absolute Gasteiger partial charge is 0.318 e. The molecule has 0 atom stereocenters. The highest BCUT2D eigenvalue weighted by Crippen LogP contribution is 2.42. The van der Waals surface area contributed by atoms with Crippen molar-refractivity contribution in [1.29, 1.82) is 0 Å². The number of rotatable bonds is 6. The lowest BCUT2D eigenvalue weighted by molar-refractivity contribution is -0.124. The van der Waals surface area contributed by atoms with E-state index < -0.39 is 5.54 Å². The van der Waals surface area contributed by atoms with Crippen molar-refractivity contribution >= 4 is 11.9 Å². The molecule has 1 aromatic heterocycles. The molecule has 1 aliphatic rings. The van der Waals surface area contributed by atoms with E-state index in [0.29, 0.717) is 0 Å². The lowest BCUT2D eigenvalue weighted by atomic mass is 9.73. The summed E-state index contributed by atoms with van der Waals surface area (Å²) in [5.74, 6) is 0.260. The highest BCUT2D eigenvalue weighted by atomic mass is 16.1. The van der Waals surface area contributed by atoms with Crippen LogP contribution < -0.4 is 0 Å². The molecule has 40 heavy (non-hydrogen) atoms. The first-order valence-corrected chi connectivity index (χ1v) is 14.1. The maximum atomic E-state index is 13.2. The molecule has 0 bridgehead atoms. The van der Waals surface area contributed by atoms with Gasteiger partial charge in [-0.05, 0) is 53.2 Å². The third kappa shape index (κ3) is 4.52. The van der Waals surface area contributed by atoms with Crippen molar-refractivity contribution in [3.63, 3.8) is 0 Å². The van der Waals surface area contributed by atoms with Gasteiger partial charge in [-0.1, -0.05) is 129 Å². The number of Topliss-reactive ketones (excluding diaryl/α,β-unsaturated/α-hetero) is 1. The van der Waals surface area contributed by atoms with Crippen LogP contribution >= 0.6 is 0 Å². The fourth-order valence-corrected chi connectivity index (χ4v) is 6.19. The standard InChI is InChI=1S/C37H34N2O/c1-36(2)24-14-16-29(35(36)40)25-28-15-12-13-23-33(28)34-26-39(27-38-34)37(30-17-6-3-7-18-30,31-19-8-4-9-20-31)32-21-10-5-11-22-32/h3-13,15,17-23,25-27H,14,16,24H2,1-2H3. The molecular formula is C37H34N2O. The summed E-state index contributed by atoms with van der Waals surface area (Å²) in [5, 5.41) is 0. The van der Waals surface area contributed by atoms with Crippen molar-refractivity contribution in [3.05, 3.63) is 156 Å². The molecule has 0 N–H and O–H groups in total. The molecule has 0 unspecified atom stereocenters. The minimum atomic E-state index is -0.619. The maximum absolute atomic E-state index is 13.2. The summed E-state index contributed by atoms with van der Waals surface area (Å²) in [6.07, 6.45) is 8.99. The number of hydrogen-bond donors (Lipinski definition) is 0. The summed E-state index contributed by atoms with van der Waals surface area (Å²) in [5.41, 5.74) is 6.38. The Morgan fingerprint density at radius 2 is 1.27 bits per heavy atom. The molecule has 6 rings (SSSR count). The number of allylic oxidation sites excluding steroid dienone is 1. The van der Waals surface area contributed by atoms with Crippen LogP contribution in [-0.2, 0) is 10.3 Å². The SMILES string of the molecule is CC1(C)CCCC(=Cc2ccccc2-c2cn(C(c3ccccc3)(c3ccccc3)c3ccccc3)cn2)C1=O. The summed E-state index contributed by atoms with van der Waals surface area (Å²) in [6, 6.07) is 40.2. The number of benzene rings is 4. The van der Waals surface area contributed by atoms with E-state index in [1.54, 1.807) is 0 Å². The average Bonchev–Trinajstić information content (AvgIpc) is 3.48. The van der Waals surface area contributed by atoms with Crippen LogP contribution in [0, 0.1) is 5.41 Å². The van der Waals surface area contributed by atoms with Crippen LogP contribution in [0.1, 0.15) is 55.4 Å². The van der Waals surface area contributed by atoms with E-state index in [1.165, 1.54) is 0 Å². The van der Waals surface area contributed by atoms with Crippen LogP contribution in [0.4, 0.5) is 0 Å². The fraction of sp³-hybridized carbons (Fsp3) is 0.189. The van der Waals surface area contributed by atoms with Gasteiger partial charge in [0.05, 0.1) is 12.0 Å². The van der Waals surface area contributed by atoms with E-state index in [1.807, 2.05) is 18.5 Å². The third-order valence-electron chi connectivity index (χ3n) is 8.27. The smallest absolute Gasteiger partial charge is 0.164 e. The van der Waals surface area contributed by atoms with Crippen molar-refractivity contribution in [2.24, 2.45) is 5.41 Å². The van der Waals surface area contributed by atoms with Gasteiger partial charge in [0.1, 0.15) is 5.54 Å². The molecule has 1 fully saturated rings. The van der Waals surface area contributed by atoms with Gasteiger partial charge in [-0.25, -0.2) is 4.98 Å². The van der Waals surface area contributed by atoms with Gasteiger partial charge in [0.15, 0.2) is 5.78 Å². The number of carbonyl (C=O) groups is 1. The molecule has 1 aliphatic carbocycles. The molecule has 0 aliphatic heterocycles. The van der Waals surface area contributed by atoms with Crippen LogP contribution in [0.3, 0.4) is 0 Å². The second kappa shape index (κ2) is 10.6. The third-order valence-corrected chi connectivity index (χ3v) is 8.27. The monoisotopic (exact) mass is 522 g/mol. The summed E-state index contributed by atoms with van der Waals surface area (Å²) in [7, 11) is 0. The first-order chi connectivity index (χ1) is 19.5. The Kier molecular flexibility index (Phi) is 6.81. The van der Waals surface area contributed by atoms with Gasteiger partial charge >= 0.3 is 0 Å². The van der Waals surface area contributed by atoms with Gasteiger partial charge in [-0.15, -0.1) is 0 Å². The molecule has 0 saturated heterocycles. The number of nitrogens with zero attached hydrogens (tertiary/aromatic N) is 2. The van der Waals surface area contributed by atoms with Crippen LogP contribution in [-0.4, -0.2) is 15.3 Å². The Labute approximate surface area is 236 Å². The quantitative estimate of drug-likeness (QED) is 0.165. The molecule has 0 amide bonds. The summed E-state index contributed by atoms with van der Waals surface area (Å²) in [6.45, 7) is 4.12. The molecule has 3 heteroatoms. The van der Waals surface area contributed by atoms with Gasteiger partial charge in [0.2, 0.25) is 0 Å². The van der Waals surface area contributed by atoms with Crippen LogP contribution in [0.15, 0.2) is 133 Å². The molecule has 1 heterocycles. The topological polar surface area (TPSA) is 34.9 Å². The Morgan fingerprint density at radius 3 is 1.85 bits per heavy atom. The first-order valence-electron chi connectivity index (χ1n) is 14.1. The fourth-order valence-electron chi connectivity index (χ4n) is 6.19. The van der Waals surface area contributed by atoms with Crippen LogP contribution in [0.2, 0.25) is 0 Å². The van der Waals surface area contributed by atoms with E-state index in [9.17, 15) is 4.79 Å². The Bertz CT molecular complexity index is 1550. The zero-order valence-corrected chi connectivity index (χ0v) is 23.1. The van der Waals surface area contributed by atoms with Gasteiger partial charge in [-0.2, -0.15) is 0 Å². The molecule has 198 valence electrons. The molecule has 4 aromatic carbocycles. The van der Waals surface area contributed by atoms with E-state index in [4.69, 9.17) is 4.98 Å². The number of carbonyl (C=O) groups excluding carboxylic acids is 1. The molecule has 5 aromatic rings. The van der Waals surface area contributed by atoms with Crippen LogP contribution in [0.25, 0.3) is 17.3 Å². The van der Waals surface area contributed by atoms with E-state index in [2.05, 4.69) is 134 Å². The van der Waals surface area contributed by atoms with Crippen molar-refractivity contribution in [2.75, 3.05) is 0 Å². The zero-order valence-electron chi connectivity index (χ0n) is 23.1.